The third-order valence-electron chi connectivity index (χ3n) is 6.19. The molecule has 2 aliphatic rings. The Labute approximate surface area is 178 Å². The summed E-state index contributed by atoms with van der Waals surface area (Å²) in [6, 6.07) is 12.9. The molecule has 0 aromatic heterocycles. The second-order valence-electron chi connectivity index (χ2n) is 8.26. The second kappa shape index (κ2) is 8.49. The standard InChI is InChI=1S/C23H29N3O3S/c1-17-5-3-8-21(15-17)24-23(27)18(2)25-11-13-26(14-12-25)30(28,29)22-10-9-19-6-4-7-20(19)16-22/h3,5,8-10,15-16,18H,4,6-7,11-14H2,1-2H3,(H,24,27). The van der Waals surface area contributed by atoms with E-state index in [0.29, 0.717) is 31.1 Å². The number of carbonyl (C=O) groups excluding carboxylic acids is 1. The highest BCUT2D eigenvalue weighted by Crippen LogP contribution is 2.27. The molecule has 0 saturated carbocycles. The fourth-order valence-electron chi connectivity index (χ4n) is 4.32. The number of piperazine rings is 1. The van der Waals surface area contributed by atoms with Gasteiger partial charge < -0.3 is 5.32 Å². The number of fused-ring (bicyclic) bond motifs is 1. The molecule has 4 rings (SSSR count). The molecule has 0 spiro atoms. The normalized spacial score (nSPS) is 18.7. The molecule has 1 amide bonds. The number of benzene rings is 2. The Morgan fingerprint density at radius 1 is 1.00 bits per heavy atom. The van der Waals surface area contributed by atoms with E-state index in [2.05, 4.69) is 5.32 Å². The van der Waals surface area contributed by atoms with Crippen molar-refractivity contribution in [3.8, 4) is 0 Å². The topological polar surface area (TPSA) is 69.7 Å². The number of nitrogens with one attached hydrogen (secondary N) is 1. The van der Waals surface area contributed by atoms with Gasteiger partial charge >= 0.3 is 0 Å². The van der Waals surface area contributed by atoms with E-state index in [0.717, 1.165) is 36.1 Å². The summed E-state index contributed by atoms with van der Waals surface area (Å²) in [5.41, 5.74) is 4.30. The molecule has 1 unspecified atom stereocenters. The van der Waals surface area contributed by atoms with Crippen LogP contribution >= 0.6 is 0 Å². The SMILES string of the molecule is Cc1cccc(NC(=O)C(C)N2CCN(S(=O)(=O)c3ccc4c(c3)CCC4)CC2)c1. The second-order valence-corrected chi connectivity index (χ2v) is 10.2. The maximum atomic E-state index is 13.1. The van der Waals surface area contributed by atoms with Crippen molar-refractivity contribution < 1.29 is 13.2 Å². The number of amides is 1. The molecule has 7 heteroatoms. The Morgan fingerprint density at radius 3 is 2.47 bits per heavy atom. The Kier molecular flexibility index (Phi) is 5.95. The summed E-state index contributed by atoms with van der Waals surface area (Å²) >= 11 is 0. The van der Waals surface area contributed by atoms with Crippen LogP contribution in [0, 0.1) is 6.92 Å². The minimum atomic E-state index is -3.50. The lowest BCUT2D eigenvalue weighted by atomic mass is 10.1. The van der Waals surface area contributed by atoms with E-state index in [1.54, 1.807) is 10.4 Å². The van der Waals surface area contributed by atoms with Gasteiger partial charge in [-0.3, -0.25) is 9.69 Å². The van der Waals surface area contributed by atoms with E-state index >= 15 is 0 Å². The highest BCUT2D eigenvalue weighted by atomic mass is 32.2. The monoisotopic (exact) mass is 427 g/mol. The van der Waals surface area contributed by atoms with Gasteiger partial charge in [0.25, 0.3) is 0 Å². The number of rotatable bonds is 5. The minimum Gasteiger partial charge on any atom is -0.325 e. The van der Waals surface area contributed by atoms with Crippen LogP contribution in [0.3, 0.4) is 0 Å². The first-order chi connectivity index (χ1) is 14.3. The molecule has 0 radical (unpaired) electrons. The number of nitrogens with zero attached hydrogens (tertiary/aromatic N) is 2. The molecule has 1 aliphatic heterocycles. The zero-order valence-electron chi connectivity index (χ0n) is 17.6. The van der Waals surface area contributed by atoms with Crippen LogP contribution in [0.4, 0.5) is 5.69 Å². The molecule has 1 N–H and O–H groups in total. The predicted octanol–water partition coefficient (Wildman–Crippen LogP) is 2.82. The average Bonchev–Trinajstić information content (AvgIpc) is 3.21. The van der Waals surface area contributed by atoms with Crippen molar-refractivity contribution in [1.29, 1.82) is 0 Å². The van der Waals surface area contributed by atoms with Crippen molar-refractivity contribution >= 4 is 21.6 Å². The van der Waals surface area contributed by atoms with Crippen LogP contribution in [0.25, 0.3) is 0 Å². The Balaban J connectivity index is 1.37. The Bertz CT molecular complexity index is 1040. The smallest absolute Gasteiger partial charge is 0.243 e. The molecule has 2 aromatic rings. The van der Waals surface area contributed by atoms with Crippen LogP contribution in [0.5, 0.6) is 0 Å². The van der Waals surface area contributed by atoms with Gasteiger partial charge in [0.15, 0.2) is 0 Å². The number of anilines is 1. The lowest BCUT2D eigenvalue weighted by Gasteiger charge is -2.36. The Morgan fingerprint density at radius 2 is 1.73 bits per heavy atom. The molecule has 1 atom stereocenters. The first-order valence-corrected chi connectivity index (χ1v) is 12.0. The van der Waals surface area contributed by atoms with Crippen LogP contribution in [0.2, 0.25) is 0 Å². The van der Waals surface area contributed by atoms with E-state index in [1.807, 2.05) is 55.1 Å². The lowest BCUT2D eigenvalue weighted by Crippen LogP contribution is -2.53. The largest absolute Gasteiger partial charge is 0.325 e. The highest BCUT2D eigenvalue weighted by Gasteiger charge is 2.32. The van der Waals surface area contributed by atoms with Gasteiger partial charge in [0.05, 0.1) is 10.9 Å². The van der Waals surface area contributed by atoms with Gasteiger partial charge in [0.1, 0.15) is 0 Å². The first-order valence-electron chi connectivity index (χ1n) is 10.6. The van der Waals surface area contributed by atoms with Crippen LogP contribution < -0.4 is 5.32 Å². The molecule has 2 aromatic carbocycles. The lowest BCUT2D eigenvalue weighted by molar-refractivity contribution is -0.121. The van der Waals surface area contributed by atoms with Crippen molar-refractivity contribution in [2.75, 3.05) is 31.5 Å². The van der Waals surface area contributed by atoms with E-state index in [-0.39, 0.29) is 11.9 Å². The van der Waals surface area contributed by atoms with Gasteiger partial charge in [-0.2, -0.15) is 4.31 Å². The summed E-state index contributed by atoms with van der Waals surface area (Å²) in [6.07, 6.45) is 3.09. The summed E-state index contributed by atoms with van der Waals surface area (Å²) in [7, 11) is -3.50. The molecule has 1 aliphatic carbocycles. The van der Waals surface area contributed by atoms with Crippen molar-refractivity contribution in [3.63, 3.8) is 0 Å². The van der Waals surface area contributed by atoms with E-state index in [4.69, 9.17) is 0 Å². The fraction of sp³-hybridized carbons (Fsp3) is 0.435. The van der Waals surface area contributed by atoms with Gasteiger partial charge in [-0.1, -0.05) is 18.2 Å². The highest BCUT2D eigenvalue weighted by molar-refractivity contribution is 7.89. The molecular weight excluding hydrogens is 398 g/mol. The van der Waals surface area contributed by atoms with Crippen molar-refractivity contribution in [1.82, 2.24) is 9.21 Å². The molecule has 0 bridgehead atoms. The molecule has 160 valence electrons. The summed E-state index contributed by atoms with van der Waals surface area (Å²) in [5.74, 6) is -0.0736. The fourth-order valence-corrected chi connectivity index (χ4v) is 5.80. The van der Waals surface area contributed by atoms with Crippen molar-refractivity contribution in [2.24, 2.45) is 0 Å². The molecule has 1 heterocycles. The van der Waals surface area contributed by atoms with E-state index in [9.17, 15) is 13.2 Å². The van der Waals surface area contributed by atoms with Gasteiger partial charge in [0.2, 0.25) is 15.9 Å². The average molecular weight is 428 g/mol. The predicted molar refractivity (Wildman–Crippen MR) is 118 cm³/mol. The summed E-state index contributed by atoms with van der Waals surface area (Å²) in [5, 5.41) is 2.96. The first kappa shape index (κ1) is 21.0. The van der Waals surface area contributed by atoms with Crippen molar-refractivity contribution in [3.05, 3.63) is 59.2 Å². The zero-order valence-corrected chi connectivity index (χ0v) is 18.4. The van der Waals surface area contributed by atoms with Crippen LogP contribution in [0.15, 0.2) is 47.4 Å². The molecular formula is C23H29N3O3S. The van der Waals surface area contributed by atoms with E-state index in [1.165, 1.54) is 5.56 Å². The number of aryl methyl sites for hydroxylation is 3. The summed E-state index contributed by atoms with van der Waals surface area (Å²) < 4.78 is 27.7. The maximum absolute atomic E-state index is 13.1. The third kappa shape index (κ3) is 4.29. The van der Waals surface area contributed by atoms with Crippen LogP contribution in [0.1, 0.15) is 30.0 Å². The summed E-state index contributed by atoms with van der Waals surface area (Å²) in [4.78, 5) is 15.1. The number of hydrogen-bond acceptors (Lipinski definition) is 4. The molecule has 1 saturated heterocycles. The van der Waals surface area contributed by atoms with E-state index < -0.39 is 10.0 Å². The number of hydrogen-bond donors (Lipinski definition) is 1. The number of sulfonamides is 1. The van der Waals surface area contributed by atoms with Crippen LogP contribution in [-0.4, -0.2) is 55.8 Å². The van der Waals surface area contributed by atoms with Gasteiger partial charge in [-0.05, 0) is 74.1 Å². The van der Waals surface area contributed by atoms with Crippen molar-refractivity contribution in [2.45, 2.75) is 44.0 Å². The quantitative estimate of drug-likeness (QED) is 0.797. The molecule has 6 nitrogen and oxygen atoms in total. The van der Waals surface area contributed by atoms with Gasteiger partial charge in [-0.25, -0.2) is 8.42 Å². The molecule has 30 heavy (non-hydrogen) atoms. The third-order valence-corrected chi connectivity index (χ3v) is 8.09. The minimum absolute atomic E-state index is 0.0736. The number of carbonyl (C=O) groups is 1. The Hall–Kier alpha value is -2.22. The van der Waals surface area contributed by atoms with Crippen LogP contribution in [-0.2, 0) is 27.7 Å². The van der Waals surface area contributed by atoms with Gasteiger partial charge in [0, 0.05) is 31.9 Å². The zero-order chi connectivity index (χ0) is 21.3. The maximum Gasteiger partial charge on any atom is 0.243 e. The molecule has 1 fully saturated rings. The summed E-state index contributed by atoms with van der Waals surface area (Å²) in [6.45, 7) is 5.71. The van der Waals surface area contributed by atoms with Gasteiger partial charge in [-0.15, -0.1) is 0 Å².